The molecule has 0 aliphatic rings. The number of H-pyrrole nitrogens is 1. The fourth-order valence-electron chi connectivity index (χ4n) is 5.28. The number of aromatic nitrogens is 1. The molecule has 0 saturated carbocycles. The number of aliphatic hydroxyl groups is 1. The van der Waals surface area contributed by atoms with E-state index in [1.165, 1.54) is 12.1 Å². The van der Waals surface area contributed by atoms with Gasteiger partial charge in [0.1, 0.15) is 11.5 Å². The Kier molecular flexibility index (Phi) is 12.5. The normalized spacial score (nSPS) is 12.6. The van der Waals surface area contributed by atoms with Crippen molar-refractivity contribution in [3.05, 3.63) is 105 Å². The highest BCUT2D eigenvalue weighted by Crippen LogP contribution is 2.29. The van der Waals surface area contributed by atoms with E-state index in [0.29, 0.717) is 40.4 Å². The Morgan fingerprint density at radius 1 is 0.886 bits per heavy atom. The molecule has 9 nitrogen and oxygen atoms in total. The van der Waals surface area contributed by atoms with E-state index in [4.69, 9.17) is 16.3 Å². The van der Waals surface area contributed by atoms with E-state index in [1.54, 1.807) is 30.3 Å². The van der Waals surface area contributed by atoms with Crippen molar-refractivity contribution in [2.24, 2.45) is 0 Å². The van der Waals surface area contributed by atoms with Crippen molar-refractivity contribution < 1.29 is 24.9 Å². The van der Waals surface area contributed by atoms with E-state index < -0.39 is 18.2 Å². The topological polar surface area (TPSA) is 144 Å². The average Bonchev–Trinajstić information content (AvgIpc) is 3.00. The van der Waals surface area contributed by atoms with Gasteiger partial charge in [0.15, 0.2) is 0 Å². The van der Waals surface area contributed by atoms with E-state index >= 15 is 0 Å². The molecule has 0 saturated heterocycles. The quantitative estimate of drug-likeness (QED) is 0.0722. The lowest BCUT2D eigenvalue weighted by molar-refractivity contribution is 0.176. The Morgan fingerprint density at radius 3 is 2.34 bits per heavy atom. The number of benzene rings is 3. The van der Waals surface area contributed by atoms with Crippen LogP contribution in [0.25, 0.3) is 10.9 Å². The van der Waals surface area contributed by atoms with E-state index in [-0.39, 0.29) is 11.3 Å². The molecular formula is C34H40ClN3O6. The lowest BCUT2D eigenvalue weighted by Gasteiger charge is -2.19. The summed E-state index contributed by atoms with van der Waals surface area (Å²) in [5.41, 5.74) is 2.24. The van der Waals surface area contributed by atoms with E-state index in [2.05, 4.69) is 15.6 Å². The lowest BCUT2D eigenvalue weighted by Crippen LogP contribution is -2.27. The number of hydrogen-bond acceptors (Lipinski definition) is 6. The standard InChI is InChI=1S/C34H40ClN3O6/c35-25-12-8-10-23(20-25)32(38-34(42)43)24-11-9-13-26(21-24)44-19-7-5-3-1-2-4-6-18-36-22-30(40)27-14-16-29(39)33-28(27)15-17-31(41)37-33/h8-17,20-21,30,32,36,38-40H,1-7,18-19,22H2,(H,37,41)(H,42,43). The van der Waals surface area contributed by atoms with Gasteiger partial charge in [-0.25, -0.2) is 4.79 Å². The fraction of sp³-hybridized carbons (Fsp3) is 0.353. The summed E-state index contributed by atoms with van der Waals surface area (Å²) in [7, 11) is 0. The van der Waals surface area contributed by atoms with Gasteiger partial charge < -0.3 is 35.7 Å². The van der Waals surface area contributed by atoms with Gasteiger partial charge in [0, 0.05) is 23.0 Å². The number of nitrogens with one attached hydrogen (secondary N) is 3. The van der Waals surface area contributed by atoms with E-state index in [9.17, 15) is 24.9 Å². The second-order valence-electron chi connectivity index (χ2n) is 10.8. The molecule has 1 heterocycles. The zero-order valence-electron chi connectivity index (χ0n) is 24.6. The highest BCUT2D eigenvalue weighted by molar-refractivity contribution is 6.30. The molecule has 0 aliphatic carbocycles. The van der Waals surface area contributed by atoms with Crippen LogP contribution in [-0.2, 0) is 0 Å². The maximum atomic E-state index is 11.6. The minimum Gasteiger partial charge on any atom is -0.506 e. The van der Waals surface area contributed by atoms with Crippen LogP contribution in [-0.4, -0.2) is 46.1 Å². The molecule has 0 spiro atoms. The van der Waals surface area contributed by atoms with Gasteiger partial charge in [-0.15, -0.1) is 0 Å². The number of aromatic hydroxyl groups is 1. The molecule has 44 heavy (non-hydrogen) atoms. The molecule has 234 valence electrons. The van der Waals surface area contributed by atoms with Gasteiger partial charge in [-0.3, -0.25) is 4.79 Å². The largest absolute Gasteiger partial charge is 0.506 e. The first-order chi connectivity index (χ1) is 21.3. The first-order valence-electron chi connectivity index (χ1n) is 15.0. The van der Waals surface area contributed by atoms with Crippen LogP contribution in [0.4, 0.5) is 4.79 Å². The van der Waals surface area contributed by atoms with Crippen LogP contribution < -0.4 is 20.9 Å². The third-order valence-corrected chi connectivity index (χ3v) is 7.75. The zero-order chi connectivity index (χ0) is 31.3. The smallest absolute Gasteiger partial charge is 0.405 e. The Labute approximate surface area is 261 Å². The lowest BCUT2D eigenvalue weighted by atomic mass is 9.98. The third-order valence-electron chi connectivity index (χ3n) is 7.51. The predicted molar refractivity (Wildman–Crippen MR) is 173 cm³/mol. The number of ether oxygens (including phenoxy) is 1. The number of halogens is 1. The van der Waals surface area contributed by atoms with Gasteiger partial charge in [0.25, 0.3) is 0 Å². The molecule has 0 aliphatic heterocycles. The Bertz CT molecular complexity index is 1580. The second kappa shape index (κ2) is 16.7. The molecule has 6 N–H and O–H groups in total. The molecule has 0 bridgehead atoms. The summed E-state index contributed by atoms with van der Waals surface area (Å²) in [5, 5.41) is 37.1. The molecule has 1 amide bonds. The van der Waals surface area contributed by atoms with Crippen LogP contribution in [0.3, 0.4) is 0 Å². The van der Waals surface area contributed by atoms with Crippen molar-refractivity contribution in [3.8, 4) is 11.5 Å². The molecule has 0 radical (unpaired) electrons. The number of hydrogen-bond donors (Lipinski definition) is 6. The summed E-state index contributed by atoms with van der Waals surface area (Å²) >= 11 is 6.13. The number of pyridine rings is 1. The molecule has 3 aromatic carbocycles. The van der Waals surface area contributed by atoms with Crippen LogP contribution in [0.2, 0.25) is 5.02 Å². The number of carbonyl (C=O) groups is 1. The number of phenolic OH excluding ortho intramolecular Hbond substituents is 1. The number of amides is 1. The summed E-state index contributed by atoms with van der Waals surface area (Å²) in [6.07, 6.45) is 5.69. The summed E-state index contributed by atoms with van der Waals surface area (Å²) < 4.78 is 5.96. The summed E-state index contributed by atoms with van der Waals surface area (Å²) in [5.74, 6) is 0.683. The SMILES string of the molecule is O=C(O)NC(c1cccc(Cl)c1)c1cccc(OCCCCCCCCCNCC(O)c2ccc(O)c3[nH]c(=O)ccc23)c1. The first kappa shape index (κ1) is 32.9. The maximum Gasteiger partial charge on any atom is 0.405 e. The van der Waals surface area contributed by atoms with Crippen molar-refractivity contribution in [2.75, 3.05) is 19.7 Å². The number of aliphatic hydroxyl groups excluding tert-OH is 1. The zero-order valence-corrected chi connectivity index (χ0v) is 25.4. The van der Waals surface area contributed by atoms with Crippen LogP contribution in [0.5, 0.6) is 11.5 Å². The Morgan fingerprint density at radius 2 is 1.59 bits per heavy atom. The van der Waals surface area contributed by atoms with E-state index in [0.717, 1.165) is 62.6 Å². The molecule has 4 rings (SSSR count). The van der Waals surface area contributed by atoms with Crippen molar-refractivity contribution >= 4 is 28.6 Å². The van der Waals surface area contributed by atoms with Gasteiger partial charge in [-0.05, 0) is 72.5 Å². The molecule has 2 unspecified atom stereocenters. The average molecular weight is 622 g/mol. The van der Waals surface area contributed by atoms with Crippen molar-refractivity contribution in [1.29, 1.82) is 0 Å². The van der Waals surface area contributed by atoms with Gasteiger partial charge in [0.2, 0.25) is 5.56 Å². The second-order valence-corrected chi connectivity index (χ2v) is 11.3. The van der Waals surface area contributed by atoms with Crippen molar-refractivity contribution in [1.82, 2.24) is 15.6 Å². The molecule has 0 fully saturated rings. The number of fused-ring (bicyclic) bond motifs is 1. The number of phenols is 1. The molecule has 4 aromatic rings. The van der Waals surface area contributed by atoms with Crippen molar-refractivity contribution in [2.45, 2.75) is 57.1 Å². The number of rotatable bonds is 17. The minimum absolute atomic E-state index is 0.0183. The summed E-state index contributed by atoms with van der Waals surface area (Å²) in [6, 6.07) is 20.2. The number of aromatic amines is 1. The molecule has 10 heteroatoms. The maximum absolute atomic E-state index is 11.6. The monoisotopic (exact) mass is 621 g/mol. The highest BCUT2D eigenvalue weighted by atomic mass is 35.5. The highest BCUT2D eigenvalue weighted by Gasteiger charge is 2.18. The van der Waals surface area contributed by atoms with Gasteiger partial charge in [0.05, 0.1) is 24.3 Å². The Hall–Kier alpha value is -4.05. The molecule has 2 atom stereocenters. The molecular weight excluding hydrogens is 582 g/mol. The van der Waals surface area contributed by atoms with Crippen LogP contribution in [0.1, 0.15) is 73.8 Å². The minimum atomic E-state index is -1.11. The van der Waals surface area contributed by atoms with Crippen LogP contribution in [0.15, 0.2) is 77.6 Å². The van der Waals surface area contributed by atoms with Crippen LogP contribution >= 0.6 is 11.6 Å². The number of carboxylic acid groups (broad SMARTS) is 1. The van der Waals surface area contributed by atoms with Gasteiger partial charge in [-0.1, -0.05) is 74.0 Å². The van der Waals surface area contributed by atoms with Gasteiger partial charge >= 0.3 is 6.09 Å². The first-order valence-corrected chi connectivity index (χ1v) is 15.4. The number of unbranched alkanes of at least 4 members (excludes halogenated alkanes) is 6. The van der Waals surface area contributed by atoms with Crippen LogP contribution in [0, 0.1) is 0 Å². The van der Waals surface area contributed by atoms with E-state index in [1.807, 2.05) is 30.3 Å². The predicted octanol–water partition coefficient (Wildman–Crippen LogP) is 6.68. The fourth-order valence-corrected chi connectivity index (χ4v) is 5.48. The summed E-state index contributed by atoms with van der Waals surface area (Å²) in [6.45, 7) is 1.78. The Balaban J connectivity index is 1.08. The summed E-state index contributed by atoms with van der Waals surface area (Å²) in [4.78, 5) is 25.6. The molecule has 1 aromatic heterocycles. The van der Waals surface area contributed by atoms with Gasteiger partial charge in [-0.2, -0.15) is 0 Å². The third kappa shape index (κ3) is 9.74. The van der Waals surface area contributed by atoms with Crippen molar-refractivity contribution in [3.63, 3.8) is 0 Å².